The van der Waals surface area contributed by atoms with Gasteiger partial charge in [0.1, 0.15) is 0 Å². The van der Waals surface area contributed by atoms with E-state index in [0.717, 1.165) is 17.9 Å². The lowest BCUT2D eigenvalue weighted by Crippen LogP contribution is -2.40. The second kappa shape index (κ2) is 10.3. The van der Waals surface area contributed by atoms with Crippen LogP contribution in [0, 0.1) is 24.7 Å². The quantitative estimate of drug-likeness (QED) is 0.504. The topological polar surface area (TPSA) is 104 Å². The summed E-state index contributed by atoms with van der Waals surface area (Å²) in [4.78, 5) is 24.7. The predicted molar refractivity (Wildman–Crippen MR) is 132 cm³/mol. The molecular formula is C26H33N3O4S. The number of amides is 2. The fourth-order valence-electron chi connectivity index (χ4n) is 5.46. The smallest absolute Gasteiger partial charge is 0.251 e. The first-order valence-corrected chi connectivity index (χ1v) is 13.5. The molecule has 4 atom stereocenters. The summed E-state index contributed by atoms with van der Waals surface area (Å²) < 4.78 is 28.6. The van der Waals surface area contributed by atoms with E-state index in [1.54, 1.807) is 24.3 Å². The maximum Gasteiger partial charge on any atom is 0.251 e. The summed E-state index contributed by atoms with van der Waals surface area (Å²) >= 11 is 0. The van der Waals surface area contributed by atoms with Crippen LogP contribution in [0.5, 0.6) is 0 Å². The van der Waals surface area contributed by atoms with Gasteiger partial charge in [-0.2, -0.15) is 0 Å². The van der Waals surface area contributed by atoms with Crippen molar-refractivity contribution in [3.8, 4) is 0 Å². The van der Waals surface area contributed by atoms with Gasteiger partial charge in [-0.05, 0) is 86.8 Å². The lowest BCUT2D eigenvalue weighted by molar-refractivity contribution is -0.116. The number of rotatable bonds is 9. The van der Waals surface area contributed by atoms with E-state index < -0.39 is 10.0 Å². The van der Waals surface area contributed by atoms with Gasteiger partial charge in [-0.25, -0.2) is 13.1 Å². The average Bonchev–Trinajstić information content (AvgIpc) is 3.43. The number of aryl methyl sites for hydroxylation is 1. The highest BCUT2D eigenvalue weighted by Crippen LogP contribution is 2.49. The highest BCUT2D eigenvalue weighted by atomic mass is 32.2. The number of hydrogen-bond donors (Lipinski definition) is 3. The van der Waals surface area contributed by atoms with Crippen LogP contribution >= 0.6 is 0 Å². The Kier molecular flexibility index (Phi) is 7.38. The zero-order valence-corrected chi connectivity index (χ0v) is 20.5. The molecule has 2 saturated carbocycles. The second-order valence-electron chi connectivity index (χ2n) is 9.64. The van der Waals surface area contributed by atoms with Gasteiger partial charge in [0.2, 0.25) is 15.9 Å². The predicted octanol–water partition coefficient (Wildman–Crippen LogP) is 3.86. The highest BCUT2D eigenvalue weighted by molar-refractivity contribution is 7.89. The summed E-state index contributed by atoms with van der Waals surface area (Å²) in [6.07, 6.45) is 4.96. The van der Waals surface area contributed by atoms with E-state index in [0.29, 0.717) is 23.1 Å². The molecule has 2 aromatic carbocycles. The molecule has 0 spiro atoms. The van der Waals surface area contributed by atoms with Crippen molar-refractivity contribution in [3.63, 3.8) is 0 Å². The molecule has 0 heterocycles. The van der Waals surface area contributed by atoms with Crippen molar-refractivity contribution in [1.82, 2.24) is 10.0 Å². The summed E-state index contributed by atoms with van der Waals surface area (Å²) in [7, 11) is -3.62. The van der Waals surface area contributed by atoms with Crippen molar-refractivity contribution in [2.45, 2.75) is 56.9 Å². The number of benzene rings is 2. The van der Waals surface area contributed by atoms with Gasteiger partial charge in [-0.15, -0.1) is 0 Å². The number of nitrogens with one attached hydrogen (secondary N) is 3. The molecule has 4 unspecified atom stereocenters. The first-order valence-electron chi connectivity index (χ1n) is 12.0. The average molecular weight is 484 g/mol. The molecule has 182 valence electrons. The summed E-state index contributed by atoms with van der Waals surface area (Å²) in [5.74, 6) is 1.34. The Morgan fingerprint density at radius 2 is 1.76 bits per heavy atom. The fourth-order valence-corrected chi connectivity index (χ4v) is 6.75. The first kappa shape index (κ1) is 24.4. The molecule has 0 radical (unpaired) electrons. The van der Waals surface area contributed by atoms with Crippen LogP contribution < -0.4 is 15.4 Å². The van der Waals surface area contributed by atoms with Crippen molar-refractivity contribution in [2.24, 2.45) is 17.8 Å². The largest absolute Gasteiger partial charge is 0.352 e. The van der Waals surface area contributed by atoms with Crippen LogP contribution in [0.3, 0.4) is 0 Å². The van der Waals surface area contributed by atoms with E-state index in [9.17, 15) is 18.0 Å². The normalized spacial score (nSPS) is 22.4. The molecule has 4 rings (SSSR count). The van der Waals surface area contributed by atoms with E-state index in [2.05, 4.69) is 15.4 Å². The molecule has 2 fully saturated rings. The molecule has 0 aliphatic heterocycles. The van der Waals surface area contributed by atoms with Gasteiger partial charge in [0, 0.05) is 30.3 Å². The maximum atomic E-state index is 12.8. The SMILES string of the molecule is Cc1ccccc1C(=O)NCCC(=O)Nc1ccc(S(=O)(=O)NC(C)C2CC3CCC2C3)cc1. The third kappa shape index (κ3) is 5.67. The second-order valence-corrected chi connectivity index (χ2v) is 11.4. The number of hydrogen-bond acceptors (Lipinski definition) is 4. The van der Waals surface area contributed by atoms with Gasteiger partial charge in [-0.1, -0.05) is 24.6 Å². The van der Waals surface area contributed by atoms with Crippen LogP contribution in [-0.4, -0.2) is 32.8 Å². The van der Waals surface area contributed by atoms with Crippen molar-refractivity contribution in [1.29, 1.82) is 0 Å². The number of anilines is 1. The minimum Gasteiger partial charge on any atom is -0.352 e. The van der Waals surface area contributed by atoms with Crippen LogP contribution in [-0.2, 0) is 14.8 Å². The third-order valence-electron chi connectivity index (χ3n) is 7.25. The molecule has 0 aromatic heterocycles. The van der Waals surface area contributed by atoms with Gasteiger partial charge in [0.25, 0.3) is 5.91 Å². The molecule has 7 nitrogen and oxygen atoms in total. The molecule has 2 aromatic rings. The lowest BCUT2D eigenvalue weighted by atomic mass is 9.84. The Hall–Kier alpha value is -2.71. The maximum absolute atomic E-state index is 12.8. The minimum absolute atomic E-state index is 0.0884. The van der Waals surface area contributed by atoms with Gasteiger partial charge in [0.05, 0.1) is 4.90 Å². The molecule has 2 amide bonds. The van der Waals surface area contributed by atoms with Gasteiger partial charge in [-0.3, -0.25) is 9.59 Å². The third-order valence-corrected chi connectivity index (χ3v) is 8.83. The van der Waals surface area contributed by atoms with Gasteiger partial charge in [0.15, 0.2) is 0 Å². The standard InChI is InChI=1S/C26H33N3O4S/c1-17-5-3-4-6-23(17)26(31)27-14-13-25(30)28-21-9-11-22(12-10-21)34(32,33)29-18(2)24-16-19-7-8-20(24)15-19/h3-6,9-12,18-20,24,29H,7-8,13-16H2,1-2H3,(H,27,31)(H,28,30). The van der Waals surface area contributed by atoms with Crippen molar-refractivity contribution in [3.05, 3.63) is 59.7 Å². The van der Waals surface area contributed by atoms with Gasteiger partial charge < -0.3 is 10.6 Å². The van der Waals surface area contributed by atoms with Crippen LogP contribution in [0.4, 0.5) is 5.69 Å². The van der Waals surface area contributed by atoms with Crippen LogP contribution in [0.25, 0.3) is 0 Å². The summed E-state index contributed by atoms with van der Waals surface area (Å²) in [5.41, 5.74) is 1.97. The molecule has 0 saturated heterocycles. The van der Waals surface area contributed by atoms with Crippen LogP contribution in [0.2, 0.25) is 0 Å². The van der Waals surface area contributed by atoms with Crippen molar-refractivity contribution in [2.75, 3.05) is 11.9 Å². The Balaban J connectivity index is 1.25. The molecule has 2 aliphatic carbocycles. The van der Waals surface area contributed by atoms with E-state index >= 15 is 0 Å². The molecule has 2 aliphatic rings. The monoisotopic (exact) mass is 483 g/mol. The Labute approximate surface area is 201 Å². The molecular weight excluding hydrogens is 450 g/mol. The summed E-state index contributed by atoms with van der Waals surface area (Å²) in [6, 6.07) is 13.4. The van der Waals surface area contributed by atoms with Crippen molar-refractivity contribution < 1.29 is 18.0 Å². The zero-order chi connectivity index (χ0) is 24.3. The van der Waals surface area contributed by atoms with E-state index in [4.69, 9.17) is 0 Å². The Morgan fingerprint density at radius 1 is 1.03 bits per heavy atom. The van der Waals surface area contributed by atoms with Gasteiger partial charge >= 0.3 is 0 Å². The minimum atomic E-state index is -3.62. The highest BCUT2D eigenvalue weighted by Gasteiger charge is 2.42. The summed E-state index contributed by atoms with van der Waals surface area (Å²) in [6.45, 7) is 4.03. The number of carbonyl (C=O) groups excluding carboxylic acids is 2. The zero-order valence-electron chi connectivity index (χ0n) is 19.7. The fraction of sp³-hybridized carbons (Fsp3) is 0.462. The van der Waals surface area contributed by atoms with E-state index in [1.807, 2.05) is 26.0 Å². The number of sulfonamides is 1. The first-order chi connectivity index (χ1) is 16.2. The Morgan fingerprint density at radius 3 is 2.41 bits per heavy atom. The van der Waals surface area contributed by atoms with E-state index in [1.165, 1.54) is 31.4 Å². The Bertz CT molecular complexity index is 1150. The molecule has 8 heteroatoms. The molecule has 3 N–H and O–H groups in total. The van der Waals surface area contributed by atoms with Crippen LogP contribution in [0.1, 0.15) is 54.9 Å². The summed E-state index contributed by atoms with van der Waals surface area (Å²) in [5, 5.41) is 5.49. The number of carbonyl (C=O) groups is 2. The lowest BCUT2D eigenvalue weighted by Gasteiger charge is -2.28. The van der Waals surface area contributed by atoms with E-state index in [-0.39, 0.29) is 35.7 Å². The molecule has 2 bridgehead atoms. The number of fused-ring (bicyclic) bond motifs is 2. The molecule has 34 heavy (non-hydrogen) atoms. The van der Waals surface area contributed by atoms with Crippen molar-refractivity contribution >= 4 is 27.5 Å². The van der Waals surface area contributed by atoms with Crippen LogP contribution in [0.15, 0.2) is 53.4 Å².